The summed E-state index contributed by atoms with van der Waals surface area (Å²) < 4.78 is 23.2. The summed E-state index contributed by atoms with van der Waals surface area (Å²) in [5.74, 6) is 0.717. The Morgan fingerprint density at radius 1 is 1.42 bits per heavy atom. The Morgan fingerprint density at radius 2 is 2.25 bits per heavy atom. The van der Waals surface area contributed by atoms with Gasteiger partial charge in [0.1, 0.15) is 12.4 Å². The summed E-state index contributed by atoms with van der Waals surface area (Å²) in [4.78, 5) is 0. The van der Waals surface area contributed by atoms with E-state index in [4.69, 9.17) is 9.47 Å². The van der Waals surface area contributed by atoms with Crippen molar-refractivity contribution in [2.75, 3.05) is 6.61 Å². The molecule has 4 heteroatoms. The van der Waals surface area contributed by atoms with Gasteiger partial charge < -0.3 is 9.47 Å². The number of benzene rings is 1. The van der Waals surface area contributed by atoms with Crippen molar-refractivity contribution in [3.05, 3.63) is 24.0 Å². The lowest BCUT2D eigenvalue weighted by molar-refractivity contribution is 0.152. The van der Waals surface area contributed by atoms with Crippen molar-refractivity contribution in [1.82, 2.24) is 0 Å². The first-order valence-electron chi connectivity index (χ1n) is 3.49. The Kier molecular flexibility index (Phi) is 1.92. The van der Waals surface area contributed by atoms with Crippen molar-refractivity contribution in [2.24, 2.45) is 0 Å². The van der Waals surface area contributed by atoms with Gasteiger partial charge in [-0.15, -0.1) is 0 Å². The fourth-order valence-corrected chi connectivity index (χ4v) is 1.35. The van der Waals surface area contributed by atoms with E-state index >= 15 is 0 Å². The van der Waals surface area contributed by atoms with Crippen molar-refractivity contribution >= 4 is 15.9 Å². The smallest absolute Gasteiger partial charge is 0.187 e. The third kappa shape index (κ3) is 1.39. The molecule has 1 aliphatic rings. The van der Waals surface area contributed by atoms with Gasteiger partial charge in [0.2, 0.25) is 0 Å². The Balaban J connectivity index is 2.37. The first kappa shape index (κ1) is 7.86. The number of hydrogen-bond donors (Lipinski definition) is 0. The van der Waals surface area contributed by atoms with Gasteiger partial charge in [-0.2, -0.15) is 0 Å². The Morgan fingerprint density at radius 3 is 3.08 bits per heavy atom. The topological polar surface area (TPSA) is 18.5 Å². The van der Waals surface area contributed by atoms with Gasteiger partial charge in [0.25, 0.3) is 0 Å². The Bertz CT molecular complexity index is 303. The Labute approximate surface area is 77.4 Å². The molecule has 0 saturated carbocycles. The van der Waals surface area contributed by atoms with Crippen LogP contribution in [0.15, 0.2) is 18.2 Å². The summed E-state index contributed by atoms with van der Waals surface area (Å²) in [6.45, 7) is 0.443. The monoisotopic (exact) mass is 232 g/mol. The summed E-state index contributed by atoms with van der Waals surface area (Å²) in [6, 6.07) is 4.21. The third-order valence-electron chi connectivity index (χ3n) is 1.53. The van der Waals surface area contributed by atoms with E-state index in [1.807, 2.05) is 0 Å². The molecule has 1 aromatic rings. The van der Waals surface area contributed by atoms with Crippen molar-refractivity contribution in [3.8, 4) is 11.5 Å². The molecule has 2 nitrogen and oxygen atoms in total. The van der Waals surface area contributed by atoms with Crippen LogP contribution in [0.25, 0.3) is 0 Å². The summed E-state index contributed by atoms with van der Waals surface area (Å²) in [5, 5.41) is -0.188. The SMILES string of the molecule is Fc1ccc2c(c1)OC(Br)CO2. The van der Waals surface area contributed by atoms with Crippen molar-refractivity contribution in [1.29, 1.82) is 0 Å². The summed E-state index contributed by atoms with van der Waals surface area (Å²) in [6.07, 6.45) is 0. The van der Waals surface area contributed by atoms with Crippen LogP contribution >= 0.6 is 15.9 Å². The van der Waals surface area contributed by atoms with E-state index in [1.54, 1.807) is 6.07 Å². The molecule has 1 atom stereocenters. The molecule has 1 aromatic carbocycles. The first-order chi connectivity index (χ1) is 5.75. The molecule has 0 aromatic heterocycles. The highest BCUT2D eigenvalue weighted by Crippen LogP contribution is 2.33. The van der Waals surface area contributed by atoms with Crippen LogP contribution in [0.5, 0.6) is 11.5 Å². The van der Waals surface area contributed by atoms with E-state index in [-0.39, 0.29) is 10.8 Å². The van der Waals surface area contributed by atoms with Crippen LogP contribution < -0.4 is 9.47 Å². The van der Waals surface area contributed by atoms with Gasteiger partial charge in [0.05, 0.1) is 0 Å². The van der Waals surface area contributed by atoms with E-state index < -0.39 is 0 Å². The normalized spacial score (nSPS) is 20.7. The average molecular weight is 233 g/mol. The molecule has 0 amide bonds. The van der Waals surface area contributed by atoms with E-state index in [0.717, 1.165) is 0 Å². The predicted octanol–water partition coefficient (Wildman–Crippen LogP) is 2.32. The summed E-state index contributed by atoms with van der Waals surface area (Å²) >= 11 is 3.21. The molecule has 1 heterocycles. The van der Waals surface area contributed by atoms with E-state index in [1.165, 1.54) is 12.1 Å². The van der Waals surface area contributed by atoms with Crippen molar-refractivity contribution in [2.45, 2.75) is 5.01 Å². The maximum atomic E-state index is 12.7. The highest BCUT2D eigenvalue weighted by molar-refractivity contribution is 9.09. The minimum absolute atomic E-state index is 0.188. The molecule has 0 fully saturated rings. The van der Waals surface area contributed by atoms with E-state index in [2.05, 4.69) is 15.9 Å². The highest BCUT2D eigenvalue weighted by atomic mass is 79.9. The maximum Gasteiger partial charge on any atom is 0.187 e. The van der Waals surface area contributed by atoms with Crippen LogP contribution in [0.2, 0.25) is 0 Å². The van der Waals surface area contributed by atoms with Gasteiger partial charge in [-0.25, -0.2) is 4.39 Å². The number of halogens is 2. The summed E-state index contributed by atoms with van der Waals surface area (Å²) in [7, 11) is 0. The number of fused-ring (bicyclic) bond motifs is 1. The fraction of sp³-hybridized carbons (Fsp3) is 0.250. The highest BCUT2D eigenvalue weighted by Gasteiger charge is 2.18. The van der Waals surface area contributed by atoms with Gasteiger partial charge >= 0.3 is 0 Å². The quantitative estimate of drug-likeness (QED) is 0.640. The molecule has 2 rings (SSSR count). The maximum absolute atomic E-state index is 12.7. The molecule has 0 aliphatic carbocycles. The third-order valence-corrected chi connectivity index (χ3v) is 1.98. The van der Waals surface area contributed by atoms with Crippen LogP contribution in [0.1, 0.15) is 0 Å². The molecular weight excluding hydrogens is 227 g/mol. The lowest BCUT2D eigenvalue weighted by atomic mass is 10.3. The second-order valence-electron chi connectivity index (χ2n) is 2.43. The van der Waals surface area contributed by atoms with E-state index in [0.29, 0.717) is 18.1 Å². The van der Waals surface area contributed by atoms with Crippen LogP contribution in [-0.4, -0.2) is 11.6 Å². The zero-order valence-corrected chi connectivity index (χ0v) is 7.67. The number of hydrogen-bond acceptors (Lipinski definition) is 2. The molecule has 0 saturated heterocycles. The van der Waals surface area contributed by atoms with Crippen LogP contribution in [0, 0.1) is 5.82 Å². The van der Waals surface area contributed by atoms with Crippen LogP contribution in [0.3, 0.4) is 0 Å². The van der Waals surface area contributed by atoms with E-state index in [9.17, 15) is 4.39 Å². The molecule has 0 N–H and O–H groups in total. The standard InChI is InChI=1S/C8H6BrFO2/c9-8-4-11-6-2-1-5(10)3-7(6)12-8/h1-3,8H,4H2. The summed E-state index contributed by atoms with van der Waals surface area (Å²) in [5.41, 5.74) is 0. The molecule has 1 aliphatic heterocycles. The largest absolute Gasteiger partial charge is 0.485 e. The van der Waals surface area contributed by atoms with Gasteiger partial charge in [-0.3, -0.25) is 0 Å². The average Bonchev–Trinajstić information content (AvgIpc) is 2.03. The van der Waals surface area contributed by atoms with Crippen molar-refractivity contribution < 1.29 is 13.9 Å². The zero-order valence-electron chi connectivity index (χ0n) is 6.09. The zero-order chi connectivity index (χ0) is 8.55. The lowest BCUT2D eigenvalue weighted by Gasteiger charge is -2.22. The number of rotatable bonds is 0. The molecule has 12 heavy (non-hydrogen) atoms. The van der Waals surface area contributed by atoms with Gasteiger partial charge in [0.15, 0.2) is 16.5 Å². The van der Waals surface area contributed by atoms with Gasteiger partial charge in [-0.05, 0) is 28.1 Å². The van der Waals surface area contributed by atoms with Gasteiger partial charge in [0, 0.05) is 6.07 Å². The Hall–Kier alpha value is -0.770. The molecular formula is C8H6BrFO2. The number of alkyl halides is 1. The second kappa shape index (κ2) is 2.94. The van der Waals surface area contributed by atoms with Crippen molar-refractivity contribution in [3.63, 3.8) is 0 Å². The van der Waals surface area contributed by atoms with Crippen LogP contribution in [-0.2, 0) is 0 Å². The second-order valence-corrected chi connectivity index (χ2v) is 3.45. The fourth-order valence-electron chi connectivity index (χ4n) is 1.02. The predicted molar refractivity (Wildman–Crippen MR) is 45.2 cm³/mol. The molecule has 0 spiro atoms. The first-order valence-corrected chi connectivity index (χ1v) is 4.40. The molecule has 64 valence electrons. The minimum Gasteiger partial charge on any atom is -0.485 e. The number of ether oxygens (including phenoxy) is 2. The lowest BCUT2D eigenvalue weighted by Crippen LogP contribution is -2.23. The van der Waals surface area contributed by atoms with Crippen LogP contribution in [0.4, 0.5) is 4.39 Å². The molecule has 0 bridgehead atoms. The molecule has 0 radical (unpaired) electrons. The minimum atomic E-state index is -0.320. The molecule has 1 unspecified atom stereocenters. The van der Waals surface area contributed by atoms with Gasteiger partial charge in [-0.1, -0.05) is 0 Å².